The van der Waals surface area contributed by atoms with Gasteiger partial charge in [-0.15, -0.1) is 0 Å². The van der Waals surface area contributed by atoms with E-state index in [0.29, 0.717) is 5.82 Å². The number of aromatic nitrogens is 2. The maximum absolute atomic E-state index is 5.67. The number of hydrogen-bond acceptors (Lipinski definition) is 3. The minimum Gasteiger partial charge on any atom is -0.382 e. The van der Waals surface area contributed by atoms with Crippen LogP contribution in [0.5, 0.6) is 0 Å². The first-order valence-electron chi connectivity index (χ1n) is 5.50. The van der Waals surface area contributed by atoms with Crippen LogP contribution in [-0.4, -0.2) is 22.5 Å². The molecule has 0 bridgehead atoms. The fourth-order valence-electron chi connectivity index (χ4n) is 2.41. The van der Waals surface area contributed by atoms with E-state index in [2.05, 4.69) is 5.10 Å². The maximum atomic E-state index is 5.67. The molecule has 0 aromatic carbocycles. The van der Waals surface area contributed by atoms with Crippen molar-refractivity contribution in [2.75, 3.05) is 12.8 Å². The van der Waals surface area contributed by atoms with Gasteiger partial charge in [0.1, 0.15) is 5.82 Å². The molecule has 1 aromatic heterocycles. The summed E-state index contributed by atoms with van der Waals surface area (Å²) >= 11 is 0. The molecule has 2 rings (SSSR count). The van der Waals surface area contributed by atoms with Crippen LogP contribution in [0.25, 0.3) is 0 Å². The van der Waals surface area contributed by atoms with Gasteiger partial charge in [0.2, 0.25) is 0 Å². The second kappa shape index (κ2) is 3.85. The number of nitrogens with zero attached hydrogens (tertiary/aromatic N) is 2. The lowest BCUT2D eigenvalue weighted by Gasteiger charge is -2.27. The molecule has 0 amide bonds. The lowest BCUT2D eigenvalue weighted by Crippen LogP contribution is -2.34. The second-order valence-electron chi connectivity index (χ2n) is 4.46. The first kappa shape index (κ1) is 10.5. The summed E-state index contributed by atoms with van der Waals surface area (Å²) < 4.78 is 7.63. The van der Waals surface area contributed by atoms with Crippen molar-refractivity contribution in [2.45, 2.75) is 44.8 Å². The Morgan fingerprint density at radius 2 is 2.20 bits per heavy atom. The van der Waals surface area contributed by atoms with Crippen molar-refractivity contribution in [2.24, 2.45) is 0 Å². The van der Waals surface area contributed by atoms with Crippen LogP contribution in [-0.2, 0) is 11.3 Å². The van der Waals surface area contributed by atoms with Gasteiger partial charge in [-0.1, -0.05) is 12.8 Å². The van der Waals surface area contributed by atoms with E-state index in [0.717, 1.165) is 25.1 Å². The Labute approximate surface area is 90.4 Å². The van der Waals surface area contributed by atoms with Crippen LogP contribution in [0.3, 0.4) is 0 Å². The predicted molar refractivity (Wildman–Crippen MR) is 59.6 cm³/mol. The molecule has 0 unspecified atom stereocenters. The molecule has 4 nitrogen and oxygen atoms in total. The van der Waals surface area contributed by atoms with Crippen molar-refractivity contribution < 1.29 is 4.74 Å². The van der Waals surface area contributed by atoms with Gasteiger partial charge in [0, 0.05) is 18.9 Å². The van der Waals surface area contributed by atoms with E-state index >= 15 is 0 Å². The predicted octanol–water partition coefficient (Wildman–Crippen LogP) is 1.73. The van der Waals surface area contributed by atoms with E-state index in [1.54, 1.807) is 7.11 Å². The Balaban J connectivity index is 2.16. The maximum Gasteiger partial charge on any atom is 0.145 e. The lowest BCUT2D eigenvalue weighted by molar-refractivity contribution is -0.0212. The molecule has 0 aliphatic heterocycles. The highest BCUT2D eigenvalue weighted by Crippen LogP contribution is 2.34. The lowest BCUT2D eigenvalue weighted by atomic mass is 10.0. The van der Waals surface area contributed by atoms with Gasteiger partial charge in [-0.3, -0.25) is 4.68 Å². The molecule has 4 heteroatoms. The number of methoxy groups -OCH3 is 1. The van der Waals surface area contributed by atoms with Crippen LogP contribution in [0.4, 0.5) is 5.82 Å². The van der Waals surface area contributed by atoms with Gasteiger partial charge in [0.05, 0.1) is 12.1 Å². The highest BCUT2D eigenvalue weighted by Gasteiger charge is 2.34. The largest absolute Gasteiger partial charge is 0.382 e. The van der Waals surface area contributed by atoms with E-state index in [4.69, 9.17) is 10.5 Å². The summed E-state index contributed by atoms with van der Waals surface area (Å²) in [6, 6.07) is 1.90. The van der Waals surface area contributed by atoms with Crippen molar-refractivity contribution in [3.8, 4) is 0 Å². The van der Waals surface area contributed by atoms with E-state index in [1.807, 2.05) is 17.7 Å². The van der Waals surface area contributed by atoms with Gasteiger partial charge in [-0.05, 0) is 19.8 Å². The number of nitrogen functional groups attached to an aromatic ring is 1. The van der Waals surface area contributed by atoms with Crippen LogP contribution in [0, 0.1) is 6.92 Å². The van der Waals surface area contributed by atoms with E-state index in [9.17, 15) is 0 Å². The zero-order valence-corrected chi connectivity index (χ0v) is 9.49. The summed E-state index contributed by atoms with van der Waals surface area (Å²) in [5.41, 5.74) is 6.76. The summed E-state index contributed by atoms with van der Waals surface area (Å²) in [5, 5.41) is 4.28. The molecule has 84 valence electrons. The molecule has 0 spiro atoms. The molecule has 0 saturated heterocycles. The Bertz CT molecular complexity index is 340. The third-order valence-corrected chi connectivity index (χ3v) is 3.39. The summed E-state index contributed by atoms with van der Waals surface area (Å²) in [6.45, 7) is 2.86. The third-order valence-electron chi connectivity index (χ3n) is 3.39. The zero-order valence-electron chi connectivity index (χ0n) is 9.49. The Morgan fingerprint density at radius 1 is 1.53 bits per heavy atom. The van der Waals surface area contributed by atoms with Gasteiger partial charge in [0.25, 0.3) is 0 Å². The molecule has 1 aliphatic carbocycles. The Kier molecular flexibility index (Phi) is 2.69. The Morgan fingerprint density at radius 3 is 2.67 bits per heavy atom. The van der Waals surface area contributed by atoms with Crippen molar-refractivity contribution in [3.63, 3.8) is 0 Å². The normalized spacial score (nSPS) is 19.6. The highest BCUT2D eigenvalue weighted by molar-refractivity contribution is 5.28. The van der Waals surface area contributed by atoms with Gasteiger partial charge in [0.15, 0.2) is 0 Å². The molecule has 0 atom stereocenters. The number of aryl methyl sites for hydroxylation is 1. The molecule has 1 fully saturated rings. The fraction of sp³-hybridized carbons (Fsp3) is 0.727. The zero-order chi connectivity index (χ0) is 10.9. The van der Waals surface area contributed by atoms with E-state index in [-0.39, 0.29) is 5.60 Å². The minimum atomic E-state index is -0.0107. The minimum absolute atomic E-state index is 0.0107. The average Bonchev–Trinajstić information content (AvgIpc) is 2.76. The quantitative estimate of drug-likeness (QED) is 0.824. The SMILES string of the molecule is COC1(Cn2nc(N)cc2C)CCCC1. The fourth-order valence-corrected chi connectivity index (χ4v) is 2.41. The number of ether oxygens (including phenoxy) is 1. The first-order valence-corrected chi connectivity index (χ1v) is 5.50. The van der Waals surface area contributed by atoms with E-state index in [1.165, 1.54) is 12.8 Å². The van der Waals surface area contributed by atoms with Crippen LogP contribution < -0.4 is 5.73 Å². The average molecular weight is 209 g/mol. The number of nitrogens with two attached hydrogens (primary N) is 1. The van der Waals surface area contributed by atoms with Crippen molar-refractivity contribution in [1.29, 1.82) is 0 Å². The summed E-state index contributed by atoms with van der Waals surface area (Å²) in [7, 11) is 1.80. The van der Waals surface area contributed by atoms with Crippen molar-refractivity contribution in [1.82, 2.24) is 9.78 Å². The van der Waals surface area contributed by atoms with Gasteiger partial charge >= 0.3 is 0 Å². The molecule has 0 radical (unpaired) electrons. The summed E-state index contributed by atoms with van der Waals surface area (Å²) in [6.07, 6.45) is 4.76. The number of hydrogen-bond donors (Lipinski definition) is 1. The third kappa shape index (κ3) is 2.00. The Hall–Kier alpha value is -1.03. The monoisotopic (exact) mass is 209 g/mol. The topological polar surface area (TPSA) is 53.1 Å². The van der Waals surface area contributed by atoms with Crippen LogP contribution in [0.15, 0.2) is 6.07 Å². The molecule has 1 aliphatic rings. The molecule has 2 N–H and O–H groups in total. The van der Waals surface area contributed by atoms with Gasteiger partial charge < -0.3 is 10.5 Å². The molecule has 1 aromatic rings. The number of rotatable bonds is 3. The molecular weight excluding hydrogens is 190 g/mol. The smallest absolute Gasteiger partial charge is 0.145 e. The first-order chi connectivity index (χ1) is 7.15. The van der Waals surface area contributed by atoms with Crippen LogP contribution in [0.1, 0.15) is 31.4 Å². The second-order valence-corrected chi connectivity index (χ2v) is 4.46. The van der Waals surface area contributed by atoms with Gasteiger partial charge in [-0.2, -0.15) is 5.10 Å². The summed E-state index contributed by atoms with van der Waals surface area (Å²) in [4.78, 5) is 0. The van der Waals surface area contributed by atoms with Crippen molar-refractivity contribution in [3.05, 3.63) is 11.8 Å². The summed E-state index contributed by atoms with van der Waals surface area (Å²) in [5.74, 6) is 0.594. The van der Waals surface area contributed by atoms with Crippen molar-refractivity contribution >= 4 is 5.82 Å². The number of anilines is 1. The molecule has 1 saturated carbocycles. The van der Waals surface area contributed by atoms with Crippen LogP contribution >= 0.6 is 0 Å². The molecule has 15 heavy (non-hydrogen) atoms. The molecular formula is C11H19N3O. The standard InChI is InChI=1S/C11H19N3O/c1-9-7-10(12)13-14(9)8-11(15-2)5-3-4-6-11/h7H,3-6,8H2,1-2H3,(H2,12,13). The van der Waals surface area contributed by atoms with E-state index < -0.39 is 0 Å². The molecule has 1 heterocycles. The highest BCUT2D eigenvalue weighted by atomic mass is 16.5. The van der Waals surface area contributed by atoms with Crippen LogP contribution in [0.2, 0.25) is 0 Å². The van der Waals surface area contributed by atoms with Gasteiger partial charge in [-0.25, -0.2) is 0 Å².